The van der Waals surface area contributed by atoms with E-state index in [4.69, 9.17) is 5.73 Å². The van der Waals surface area contributed by atoms with Crippen LogP contribution in [0.15, 0.2) is 29.2 Å². The Kier molecular flexibility index (Phi) is 5.19. The van der Waals surface area contributed by atoms with Crippen LogP contribution in [-0.2, 0) is 16.6 Å². The van der Waals surface area contributed by atoms with Gasteiger partial charge >= 0.3 is 6.03 Å². The second-order valence-electron chi connectivity index (χ2n) is 5.26. The van der Waals surface area contributed by atoms with E-state index < -0.39 is 16.1 Å². The van der Waals surface area contributed by atoms with Crippen molar-refractivity contribution in [2.75, 3.05) is 0 Å². The van der Waals surface area contributed by atoms with E-state index in [9.17, 15) is 13.2 Å². The molecule has 1 aliphatic carbocycles. The third kappa shape index (κ3) is 4.44. The molecule has 116 valence electrons. The van der Waals surface area contributed by atoms with Gasteiger partial charge in [0, 0.05) is 12.6 Å². The Balaban J connectivity index is 1.97. The minimum Gasteiger partial charge on any atom is -0.335 e. The maximum atomic E-state index is 12.1. The van der Waals surface area contributed by atoms with Gasteiger partial charge in [-0.1, -0.05) is 31.4 Å². The third-order valence-electron chi connectivity index (χ3n) is 3.64. The molecule has 21 heavy (non-hydrogen) atoms. The average Bonchev–Trinajstić information content (AvgIpc) is 2.47. The fourth-order valence-corrected chi connectivity index (χ4v) is 3.36. The highest BCUT2D eigenvalue weighted by Crippen LogP contribution is 2.17. The van der Waals surface area contributed by atoms with Gasteiger partial charge in [0.1, 0.15) is 0 Å². The molecule has 1 aliphatic rings. The number of hydrogen-bond acceptors (Lipinski definition) is 4. The fourth-order valence-electron chi connectivity index (χ4n) is 2.45. The van der Waals surface area contributed by atoms with Crippen molar-refractivity contribution in [3.05, 3.63) is 29.8 Å². The zero-order valence-electron chi connectivity index (χ0n) is 11.8. The highest BCUT2D eigenvalue weighted by Gasteiger charge is 2.20. The van der Waals surface area contributed by atoms with Crippen LogP contribution >= 0.6 is 0 Å². The van der Waals surface area contributed by atoms with Crippen LogP contribution in [0.1, 0.15) is 37.7 Å². The molecule has 0 radical (unpaired) electrons. The van der Waals surface area contributed by atoms with Crippen molar-refractivity contribution in [1.82, 2.24) is 10.0 Å². The van der Waals surface area contributed by atoms with Crippen LogP contribution in [0.2, 0.25) is 0 Å². The molecular formula is C14H21N3O3S. The van der Waals surface area contributed by atoms with Crippen molar-refractivity contribution in [2.45, 2.75) is 49.6 Å². The summed E-state index contributed by atoms with van der Waals surface area (Å²) in [5.74, 6) is 0. The highest BCUT2D eigenvalue weighted by molar-refractivity contribution is 7.90. The van der Waals surface area contributed by atoms with E-state index in [2.05, 4.69) is 5.32 Å². The standard InChI is InChI=1S/C14H21N3O3S/c15-10-11-6-8-13(9-7-11)21(19,20)17-14(18)16-12-4-2-1-3-5-12/h6-9,12H,1-5,10,15H2,(H2,16,17,18). The molecule has 6 nitrogen and oxygen atoms in total. The van der Waals surface area contributed by atoms with Gasteiger partial charge in [0.15, 0.2) is 0 Å². The van der Waals surface area contributed by atoms with Gasteiger partial charge < -0.3 is 11.1 Å². The van der Waals surface area contributed by atoms with Gasteiger partial charge in [-0.15, -0.1) is 0 Å². The molecule has 7 heteroatoms. The summed E-state index contributed by atoms with van der Waals surface area (Å²) in [7, 11) is -3.84. The number of carbonyl (C=O) groups excluding carboxylic acids is 1. The average molecular weight is 311 g/mol. The fraction of sp³-hybridized carbons (Fsp3) is 0.500. The maximum absolute atomic E-state index is 12.1. The molecule has 1 aromatic carbocycles. The molecule has 2 rings (SSSR count). The molecule has 1 fully saturated rings. The normalized spacial score (nSPS) is 16.4. The number of amides is 2. The molecule has 0 unspecified atom stereocenters. The van der Waals surface area contributed by atoms with Gasteiger partial charge in [-0.25, -0.2) is 17.9 Å². The predicted molar refractivity (Wildman–Crippen MR) is 80.1 cm³/mol. The van der Waals surface area contributed by atoms with Gasteiger partial charge in [0.25, 0.3) is 10.0 Å². The van der Waals surface area contributed by atoms with Gasteiger partial charge in [-0.2, -0.15) is 0 Å². The van der Waals surface area contributed by atoms with E-state index in [-0.39, 0.29) is 10.9 Å². The zero-order valence-corrected chi connectivity index (χ0v) is 12.7. The van der Waals surface area contributed by atoms with Gasteiger partial charge in [0.2, 0.25) is 0 Å². The molecule has 0 aliphatic heterocycles. The lowest BCUT2D eigenvalue weighted by Crippen LogP contribution is -2.45. The number of hydrogen-bond donors (Lipinski definition) is 3. The van der Waals surface area contributed by atoms with Crippen LogP contribution in [0.25, 0.3) is 0 Å². The van der Waals surface area contributed by atoms with Crippen molar-refractivity contribution in [2.24, 2.45) is 5.73 Å². The number of nitrogens with one attached hydrogen (secondary N) is 2. The summed E-state index contributed by atoms with van der Waals surface area (Å²) in [5.41, 5.74) is 6.30. The van der Waals surface area contributed by atoms with Crippen LogP contribution in [0.3, 0.4) is 0 Å². The van der Waals surface area contributed by atoms with Crippen LogP contribution in [-0.4, -0.2) is 20.5 Å². The van der Waals surface area contributed by atoms with Crippen LogP contribution < -0.4 is 15.8 Å². The van der Waals surface area contributed by atoms with E-state index in [1.165, 1.54) is 18.6 Å². The number of rotatable bonds is 4. The summed E-state index contributed by atoms with van der Waals surface area (Å²) < 4.78 is 26.2. The van der Waals surface area contributed by atoms with Gasteiger partial charge in [-0.3, -0.25) is 0 Å². The number of sulfonamides is 1. The van der Waals surface area contributed by atoms with Crippen molar-refractivity contribution < 1.29 is 13.2 Å². The van der Waals surface area contributed by atoms with Crippen LogP contribution in [0, 0.1) is 0 Å². The molecule has 0 bridgehead atoms. The second-order valence-corrected chi connectivity index (χ2v) is 6.94. The maximum Gasteiger partial charge on any atom is 0.328 e. The molecule has 1 saturated carbocycles. The summed E-state index contributed by atoms with van der Waals surface area (Å²) >= 11 is 0. The molecule has 0 spiro atoms. The summed E-state index contributed by atoms with van der Waals surface area (Å²) in [5, 5.41) is 2.72. The Morgan fingerprint density at radius 2 is 1.76 bits per heavy atom. The van der Waals surface area contributed by atoms with E-state index >= 15 is 0 Å². The molecule has 0 saturated heterocycles. The first-order valence-electron chi connectivity index (χ1n) is 7.13. The Hall–Kier alpha value is -1.60. The number of carbonyl (C=O) groups is 1. The lowest BCUT2D eigenvalue weighted by molar-refractivity contribution is 0.237. The smallest absolute Gasteiger partial charge is 0.328 e. The zero-order chi connectivity index (χ0) is 15.3. The van der Waals surface area contributed by atoms with E-state index in [1.54, 1.807) is 12.1 Å². The number of benzene rings is 1. The SMILES string of the molecule is NCc1ccc(S(=O)(=O)NC(=O)NC2CCCCC2)cc1. The molecule has 0 heterocycles. The third-order valence-corrected chi connectivity index (χ3v) is 4.98. The van der Waals surface area contributed by atoms with Gasteiger partial charge in [-0.05, 0) is 30.5 Å². The van der Waals surface area contributed by atoms with Crippen LogP contribution in [0.5, 0.6) is 0 Å². The molecule has 0 aromatic heterocycles. The summed E-state index contributed by atoms with van der Waals surface area (Å²) in [6.07, 6.45) is 5.11. The van der Waals surface area contributed by atoms with Gasteiger partial charge in [0.05, 0.1) is 4.90 Å². The van der Waals surface area contributed by atoms with Crippen molar-refractivity contribution >= 4 is 16.1 Å². The summed E-state index contributed by atoms with van der Waals surface area (Å²) in [6, 6.07) is 5.55. The number of urea groups is 1. The first-order valence-corrected chi connectivity index (χ1v) is 8.62. The molecular weight excluding hydrogens is 290 g/mol. The first kappa shape index (κ1) is 15.8. The Morgan fingerprint density at radius 1 is 1.14 bits per heavy atom. The van der Waals surface area contributed by atoms with Crippen molar-refractivity contribution in [1.29, 1.82) is 0 Å². The minimum absolute atomic E-state index is 0.0542. The highest BCUT2D eigenvalue weighted by atomic mass is 32.2. The lowest BCUT2D eigenvalue weighted by atomic mass is 9.96. The van der Waals surface area contributed by atoms with E-state index in [1.807, 2.05) is 4.72 Å². The molecule has 4 N–H and O–H groups in total. The minimum atomic E-state index is -3.84. The van der Waals surface area contributed by atoms with E-state index in [0.717, 1.165) is 31.2 Å². The Morgan fingerprint density at radius 3 is 2.33 bits per heavy atom. The number of nitrogens with two attached hydrogens (primary N) is 1. The quantitative estimate of drug-likeness (QED) is 0.783. The molecule has 1 aromatic rings. The summed E-state index contributed by atoms with van der Waals surface area (Å²) in [6.45, 7) is 0.343. The van der Waals surface area contributed by atoms with Crippen molar-refractivity contribution in [3.8, 4) is 0 Å². The van der Waals surface area contributed by atoms with Crippen LogP contribution in [0.4, 0.5) is 4.79 Å². The largest absolute Gasteiger partial charge is 0.335 e. The first-order chi connectivity index (χ1) is 10.0. The molecule has 2 amide bonds. The van der Waals surface area contributed by atoms with E-state index in [0.29, 0.717) is 6.54 Å². The monoisotopic (exact) mass is 311 g/mol. The Bertz CT molecular complexity index is 578. The molecule has 0 atom stereocenters. The summed E-state index contributed by atoms with van der Waals surface area (Å²) in [4.78, 5) is 11.9. The second kappa shape index (κ2) is 6.91. The Labute approximate surface area is 125 Å². The van der Waals surface area contributed by atoms with Crippen molar-refractivity contribution in [3.63, 3.8) is 0 Å². The lowest BCUT2D eigenvalue weighted by Gasteiger charge is -2.22. The predicted octanol–water partition coefficient (Wildman–Crippen LogP) is 1.47. The topological polar surface area (TPSA) is 101 Å².